The first-order chi connectivity index (χ1) is 5.27. The van der Waals surface area contributed by atoms with E-state index in [-0.39, 0.29) is 0 Å². The van der Waals surface area contributed by atoms with Crippen LogP contribution in [0.2, 0.25) is 0 Å². The van der Waals surface area contributed by atoms with Gasteiger partial charge in [0.25, 0.3) is 0 Å². The molecular formula is C7H6BrNO2. The second kappa shape index (κ2) is 3.48. The van der Waals surface area contributed by atoms with Gasteiger partial charge in [0.1, 0.15) is 5.69 Å². The molecule has 0 saturated carbocycles. The monoisotopic (exact) mass is 215 g/mol. The molecule has 3 nitrogen and oxygen atoms in total. The third-order valence-electron chi connectivity index (χ3n) is 1.17. The summed E-state index contributed by atoms with van der Waals surface area (Å²) in [6, 6.07) is 3.40. The molecule has 0 atom stereocenters. The summed E-state index contributed by atoms with van der Waals surface area (Å²) in [5.74, 6) is 0.440. The summed E-state index contributed by atoms with van der Waals surface area (Å²) in [7, 11) is 1.50. The molecular weight excluding hydrogens is 210 g/mol. The van der Waals surface area contributed by atoms with Crippen molar-refractivity contribution in [2.24, 2.45) is 0 Å². The van der Waals surface area contributed by atoms with E-state index in [1.807, 2.05) is 0 Å². The van der Waals surface area contributed by atoms with E-state index in [0.717, 1.165) is 0 Å². The third-order valence-corrected chi connectivity index (χ3v) is 1.84. The number of hydrogen-bond acceptors (Lipinski definition) is 3. The van der Waals surface area contributed by atoms with E-state index in [4.69, 9.17) is 4.74 Å². The molecule has 1 rings (SSSR count). The molecule has 0 spiro atoms. The van der Waals surface area contributed by atoms with Crippen molar-refractivity contribution in [1.29, 1.82) is 0 Å². The van der Waals surface area contributed by atoms with Crippen molar-refractivity contribution >= 4 is 22.2 Å². The van der Waals surface area contributed by atoms with Crippen molar-refractivity contribution in [2.75, 3.05) is 7.11 Å². The smallest absolute Gasteiger partial charge is 0.213 e. The lowest BCUT2D eigenvalue weighted by atomic mass is 10.4. The van der Waals surface area contributed by atoms with Crippen molar-refractivity contribution in [3.8, 4) is 5.88 Å². The maximum absolute atomic E-state index is 10.3. The van der Waals surface area contributed by atoms with Gasteiger partial charge >= 0.3 is 0 Å². The number of halogens is 1. The van der Waals surface area contributed by atoms with Crippen molar-refractivity contribution < 1.29 is 9.53 Å². The lowest BCUT2D eigenvalue weighted by molar-refractivity contribution is 0.111. The molecule has 58 valence electrons. The highest BCUT2D eigenvalue weighted by Crippen LogP contribution is 2.16. The van der Waals surface area contributed by atoms with Crippen molar-refractivity contribution in [2.45, 2.75) is 0 Å². The van der Waals surface area contributed by atoms with Crippen LogP contribution < -0.4 is 4.74 Å². The Morgan fingerprint density at radius 2 is 2.36 bits per heavy atom. The van der Waals surface area contributed by atoms with Gasteiger partial charge in [0, 0.05) is 10.5 Å². The van der Waals surface area contributed by atoms with Crippen LogP contribution in [0.3, 0.4) is 0 Å². The summed E-state index contributed by atoms with van der Waals surface area (Å²) in [4.78, 5) is 14.2. The van der Waals surface area contributed by atoms with Gasteiger partial charge in [0.15, 0.2) is 6.29 Å². The van der Waals surface area contributed by atoms with Crippen LogP contribution in [0.25, 0.3) is 0 Å². The Morgan fingerprint density at radius 3 is 2.91 bits per heavy atom. The number of rotatable bonds is 2. The number of methoxy groups -OCH3 is 1. The zero-order valence-electron chi connectivity index (χ0n) is 5.87. The lowest BCUT2D eigenvalue weighted by Gasteiger charge is -1.99. The SMILES string of the molecule is COc1ccc(Br)c(C=O)n1. The highest BCUT2D eigenvalue weighted by molar-refractivity contribution is 9.10. The van der Waals surface area contributed by atoms with Gasteiger partial charge in [-0.15, -0.1) is 0 Å². The van der Waals surface area contributed by atoms with Gasteiger partial charge in [-0.1, -0.05) is 0 Å². The maximum Gasteiger partial charge on any atom is 0.213 e. The minimum atomic E-state index is 0.351. The predicted octanol–water partition coefficient (Wildman–Crippen LogP) is 1.67. The molecule has 0 aliphatic rings. The molecule has 0 bridgehead atoms. The number of carbonyl (C=O) groups is 1. The fourth-order valence-electron chi connectivity index (χ4n) is 0.636. The largest absolute Gasteiger partial charge is 0.481 e. The maximum atomic E-state index is 10.3. The summed E-state index contributed by atoms with van der Waals surface area (Å²) in [5.41, 5.74) is 0.351. The number of nitrogens with zero attached hydrogens (tertiary/aromatic N) is 1. The van der Waals surface area contributed by atoms with Crippen LogP contribution in [0.5, 0.6) is 5.88 Å². The van der Waals surface area contributed by atoms with Gasteiger partial charge in [-0.05, 0) is 22.0 Å². The Bertz CT molecular complexity index is 275. The molecule has 0 fully saturated rings. The van der Waals surface area contributed by atoms with Gasteiger partial charge in [0.05, 0.1) is 7.11 Å². The molecule has 0 N–H and O–H groups in total. The number of carbonyl (C=O) groups excluding carboxylic acids is 1. The molecule has 0 saturated heterocycles. The number of hydrogen-bond donors (Lipinski definition) is 0. The zero-order chi connectivity index (χ0) is 8.27. The van der Waals surface area contributed by atoms with Crippen molar-refractivity contribution in [3.63, 3.8) is 0 Å². The molecule has 4 heteroatoms. The first kappa shape index (κ1) is 8.20. The lowest BCUT2D eigenvalue weighted by Crippen LogP contribution is -1.92. The van der Waals surface area contributed by atoms with Crippen molar-refractivity contribution in [1.82, 2.24) is 4.98 Å². The molecule has 1 aromatic rings. The van der Waals surface area contributed by atoms with E-state index >= 15 is 0 Å². The number of pyridine rings is 1. The van der Waals surface area contributed by atoms with Crippen LogP contribution in [0.4, 0.5) is 0 Å². The first-order valence-corrected chi connectivity index (χ1v) is 3.73. The second-order valence-electron chi connectivity index (χ2n) is 1.84. The first-order valence-electron chi connectivity index (χ1n) is 2.93. The van der Waals surface area contributed by atoms with Crippen molar-refractivity contribution in [3.05, 3.63) is 22.3 Å². The molecule has 1 heterocycles. The van der Waals surface area contributed by atoms with Gasteiger partial charge in [-0.2, -0.15) is 0 Å². The van der Waals surface area contributed by atoms with E-state index < -0.39 is 0 Å². The number of aromatic nitrogens is 1. The van der Waals surface area contributed by atoms with Crippen LogP contribution in [0.15, 0.2) is 16.6 Å². The summed E-state index contributed by atoms with van der Waals surface area (Å²) in [6.45, 7) is 0. The average molecular weight is 216 g/mol. The van der Waals surface area contributed by atoms with E-state index in [0.29, 0.717) is 22.3 Å². The summed E-state index contributed by atoms with van der Waals surface area (Å²) < 4.78 is 5.50. The molecule has 0 aliphatic carbocycles. The third kappa shape index (κ3) is 1.77. The van der Waals surface area contributed by atoms with Gasteiger partial charge in [-0.25, -0.2) is 4.98 Å². The van der Waals surface area contributed by atoms with E-state index in [1.165, 1.54) is 7.11 Å². The molecule has 0 aromatic carbocycles. The molecule has 1 aromatic heterocycles. The van der Waals surface area contributed by atoms with Gasteiger partial charge in [-0.3, -0.25) is 4.79 Å². The second-order valence-corrected chi connectivity index (χ2v) is 2.69. The molecule has 0 amide bonds. The summed E-state index contributed by atoms with van der Waals surface area (Å²) in [5, 5.41) is 0. The van der Waals surface area contributed by atoms with Crippen LogP contribution >= 0.6 is 15.9 Å². The number of ether oxygens (including phenoxy) is 1. The van der Waals surface area contributed by atoms with Gasteiger partial charge < -0.3 is 4.74 Å². The quantitative estimate of drug-likeness (QED) is 0.705. The van der Waals surface area contributed by atoms with Crippen LogP contribution in [-0.2, 0) is 0 Å². The minimum absolute atomic E-state index is 0.351. The Balaban J connectivity index is 3.12. The highest BCUT2D eigenvalue weighted by atomic mass is 79.9. The average Bonchev–Trinajstić information content (AvgIpc) is 2.05. The Labute approximate surface area is 72.5 Å². The van der Waals surface area contributed by atoms with Crippen LogP contribution in [0, 0.1) is 0 Å². The molecule has 0 radical (unpaired) electrons. The van der Waals surface area contributed by atoms with Crippen LogP contribution in [-0.4, -0.2) is 18.4 Å². The Hall–Kier alpha value is -0.900. The van der Waals surface area contributed by atoms with E-state index in [2.05, 4.69) is 20.9 Å². The molecule has 11 heavy (non-hydrogen) atoms. The Kier molecular flexibility index (Phi) is 2.59. The molecule has 0 aliphatic heterocycles. The normalized spacial score (nSPS) is 9.27. The Morgan fingerprint density at radius 1 is 1.64 bits per heavy atom. The molecule has 0 unspecified atom stereocenters. The fraction of sp³-hybridized carbons (Fsp3) is 0.143. The highest BCUT2D eigenvalue weighted by Gasteiger charge is 2.00. The van der Waals surface area contributed by atoms with Gasteiger partial charge in [0.2, 0.25) is 5.88 Å². The van der Waals surface area contributed by atoms with E-state index in [9.17, 15) is 4.79 Å². The topological polar surface area (TPSA) is 39.2 Å². The number of aldehydes is 1. The fourth-order valence-corrected chi connectivity index (χ4v) is 0.950. The van der Waals surface area contributed by atoms with Crippen LogP contribution in [0.1, 0.15) is 10.5 Å². The summed E-state index contributed by atoms with van der Waals surface area (Å²) >= 11 is 3.17. The summed E-state index contributed by atoms with van der Waals surface area (Å²) in [6.07, 6.45) is 0.673. The zero-order valence-corrected chi connectivity index (χ0v) is 7.46. The predicted molar refractivity (Wildman–Crippen MR) is 43.9 cm³/mol. The minimum Gasteiger partial charge on any atom is -0.481 e. The standard InChI is InChI=1S/C7H6BrNO2/c1-11-7-3-2-5(8)6(4-10)9-7/h2-4H,1H3. The van der Waals surface area contributed by atoms with E-state index in [1.54, 1.807) is 12.1 Å².